The fourth-order valence-electron chi connectivity index (χ4n) is 1.74. The van der Waals surface area contributed by atoms with Crippen molar-refractivity contribution in [2.45, 2.75) is 39.7 Å². The third kappa shape index (κ3) is 1.73. The molecule has 1 saturated heterocycles. The highest BCUT2D eigenvalue weighted by Gasteiger charge is 2.21. The van der Waals surface area contributed by atoms with Gasteiger partial charge in [0.15, 0.2) is 0 Å². The molecule has 0 aliphatic carbocycles. The standard InChI is InChI=1S/C9H16NO/c1-7(2)9-5-4-6-10(9)8(3)11/h9H,4-6H2,1-3H3/q-1. The van der Waals surface area contributed by atoms with Gasteiger partial charge in [0.25, 0.3) is 0 Å². The summed E-state index contributed by atoms with van der Waals surface area (Å²) >= 11 is 0. The second-order valence-corrected chi connectivity index (χ2v) is 3.45. The van der Waals surface area contributed by atoms with Crippen molar-refractivity contribution in [1.29, 1.82) is 0 Å². The maximum atomic E-state index is 11.1. The molecule has 0 aromatic carbocycles. The highest BCUT2D eigenvalue weighted by Crippen LogP contribution is 2.24. The van der Waals surface area contributed by atoms with Crippen LogP contribution in [0.3, 0.4) is 0 Å². The number of likely N-dealkylation sites (tertiary alicyclic amines) is 1. The summed E-state index contributed by atoms with van der Waals surface area (Å²) in [6.45, 7) is 6.81. The monoisotopic (exact) mass is 154 g/mol. The lowest BCUT2D eigenvalue weighted by atomic mass is 10.0. The lowest BCUT2D eigenvalue weighted by Crippen LogP contribution is -2.36. The average molecular weight is 154 g/mol. The van der Waals surface area contributed by atoms with E-state index >= 15 is 0 Å². The summed E-state index contributed by atoms with van der Waals surface area (Å²) < 4.78 is 0. The van der Waals surface area contributed by atoms with Crippen LogP contribution in [0.25, 0.3) is 0 Å². The van der Waals surface area contributed by atoms with Gasteiger partial charge >= 0.3 is 0 Å². The lowest BCUT2D eigenvalue weighted by molar-refractivity contribution is -0.129. The Balaban J connectivity index is 2.58. The highest BCUT2D eigenvalue weighted by molar-refractivity contribution is 5.74. The van der Waals surface area contributed by atoms with Crippen molar-refractivity contribution in [3.8, 4) is 0 Å². The van der Waals surface area contributed by atoms with Gasteiger partial charge in [0.2, 0.25) is 5.91 Å². The lowest BCUT2D eigenvalue weighted by Gasteiger charge is -2.36. The maximum Gasteiger partial charge on any atom is 0.217 e. The molecule has 2 heteroatoms. The van der Waals surface area contributed by atoms with Crippen molar-refractivity contribution in [2.75, 3.05) is 6.54 Å². The predicted octanol–water partition coefficient (Wildman–Crippen LogP) is 1.61. The van der Waals surface area contributed by atoms with Gasteiger partial charge in [-0.25, -0.2) is 0 Å². The van der Waals surface area contributed by atoms with Crippen LogP contribution in [0.1, 0.15) is 33.6 Å². The molecule has 0 aromatic heterocycles. The summed E-state index contributed by atoms with van der Waals surface area (Å²) in [5.74, 6) is 1.58. The topological polar surface area (TPSA) is 20.3 Å². The number of amides is 1. The van der Waals surface area contributed by atoms with Crippen LogP contribution in [0.5, 0.6) is 0 Å². The first-order chi connectivity index (χ1) is 5.13. The summed E-state index contributed by atoms with van der Waals surface area (Å²) in [7, 11) is 0. The Kier molecular flexibility index (Phi) is 2.53. The zero-order chi connectivity index (χ0) is 8.43. The zero-order valence-corrected chi connectivity index (χ0v) is 7.55. The van der Waals surface area contributed by atoms with Crippen molar-refractivity contribution in [2.24, 2.45) is 0 Å². The molecule has 1 unspecified atom stereocenters. The molecule has 0 N–H and O–H groups in total. The molecule has 11 heavy (non-hydrogen) atoms. The minimum Gasteiger partial charge on any atom is -0.370 e. The third-order valence-electron chi connectivity index (χ3n) is 2.32. The van der Waals surface area contributed by atoms with E-state index in [0.29, 0.717) is 6.04 Å². The summed E-state index contributed by atoms with van der Waals surface area (Å²) in [6.07, 6.45) is 2.32. The molecule has 1 aliphatic rings. The highest BCUT2D eigenvalue weighted by atomic mass is 16.2. The van der Waals surface area contributed by atoms with Crippen molar-refractivity contribution in [3.05, 3.63) is 5.92 Å². The van der Waals surface area contributed by atoms with Crippen molar-refractivity contribution < 1.29 is 4.79 Å². The number of nitrogens with zero attached hydrogens (tertiary/aromatic N) is 1. The van der Waals surface area contributed by atoms with E-state index in [1.807, 2.05) is 4.90 Å². The number of hydrogen-bond donors (Lipinski definition) is 0. The Morgan fingerprint density at radius 3 is 2.55 bits per heavy atom. The molecular formula is C9H16NO-. The van der Waals surface area contributed by atoms with Crippen LogP contribution in [0, 0.1) is 5.92 Å². The second-order valence-electron chi connectivity index (χ2n) is 3.45. The van der Waals surface area contributed by atoms with Crippen LogP contribution in [0.2, 0.25) is 0 Å². The molecule has 1 aliphatic heterocycles. The van der Waals surface area contributed by atoms with Crippen LogP contribution >= 0.6 is 0 Å². The first kappa shape index (κ1) is 8.57. The molecule has 2 nitrogen and oxygen atoms in total. The van der Waals surface area contributed by atoms with Crippen LogP contribution in [-0.4, -0.2) is 23.4 Å². The van der Waals surface area contributed by atoms with E-state index in [1.165, 1.54) is 5.92 Å². The Morgan fingerprint density at radius 2 is 2.18 bits per heavy atom. The number of carbonyl (C=O) groups excluding carboxylic acids is 1. The number of carbonyl (C=O) groups is 1. The Bertz CT molecular complexity index is 154. The quantitative estimate of drug-likeness (QED) is 0.525. The molecule has 1 amide bonds. The molecule has 64 valence electrons. The molecule has 1 rings (SSSR count). The van der Waals surface area contributed by atoms with E-state index in [1.54, 1.807) is 6.92 Å². The van der Waals surface area contributed by atoms with E-state index in [2.05, 4.69) is 13.8 Å². The van der Waals surface area contributed by atoms with Gasteiger partial charge in [0.1, 0.15) is 0 Å². The Labute approximate surface area is 68.6 Å². The molecule has 0 saturated carbocycles. The number of rotatable bonds is 1. The SMILES string of the molecule is CC(=O)N1CCCC1[C-](C)C. The van der Waals surface area contributed by atoms with Crippen LogP contribution in [0.15, 0.2) is 0 Å². The van der Waals surface area contributed by atoms with Gasteiger partial charge in [-0.1, -0.05) is 12.5 Å². The van der Waals surface area contributed by atoms with Crippen molar-refractivity contribution in [3.63, 3.8) is 0 Å². The smallest absolute Gasteiger partial charge is 0.217 e. The van der Waals surface area contributed by atoms with E-state index in [9.17, 15) is 4.79 Å². The largest absolute Gasteiger partial charge is 0.370 e. The fourth-order valence-corrected chi connectivity index (χ4v) is 1.74. The summed E-state index contributed by atoms with van der Waals surface area (Å²) in [5, 5.41) is 0. The maximum absolute atomic E-state index is 11.1. The first-order valence-corrected chi connectivity index (χ1v) is 4.20. The molecule has 1 atom stereocenters. The first-order valence-electron chi connectivity index (χ1n) is 4.20. The molecule has 0 bridgehead atoms. The van der Waals surface area contributed by atoms with Crippen molar-refractivity contribution >= 4 is 5.91 Å². The molecule has 1 fully saturated rings. The van der Waals surface area contributed by atoms with E-state index < -0.39 is 0 Å². The molecule has 0 aromatic rings. The van der Waals surface area contributed by atoms with Gasteiger partial charge in [-0.2, -0.15) is 13.8 Å². The normalized spacial score (nSPS) is 24.7. The summed E-state index contributed by atoms with van der Waals surface area (Å²) in [4.78, 5) is 13.0. The van der Waals surface area contributed by atoms with Gasteiger partial charge in [-0.3, -0.25) is 10.7 Å². The predicted molar refractivity (Wildman–Crippen MR) is 45.0 cm³/mol. The van der Waals surface area contributed by atoms with Crippen LogP contribution in [-0.2, 0) is 4.79 Å². The molecular weight excluding hydrogens is 138 g/mol. The average Bonchev–Trinajstić information content (AvgIpc) is 2.32. The van der Waals surface area contributed by atoms with Gasteiger partial charge in [0.05, 0.1) is 0 Å². The van der Waals surface area contributed by atoms with Gasteiger partial charge < -0.3 is 4.90 Å². The molecule has 1 heterocycles. The van der Waals surface area contributed by atoms with Gasteiger partial charge in [0, 0.05) is 13.5 Å². The van der Waals surface area contributed by atoms with Gasteiger partial charge in [-0.15, -0.1) is 0 Å². The minimum absolute atomic E-state index is 0.216. The Morgan fingerprint density at radius 1 is 1.55 bits per heavy atom. The Hall–Kier alpha value is -0.530. The van der Waals surface area contributed by atoms with E-state index in [4.69, 9.17) is 0 Å². The fraction of sp³-hybridized carbons (Fsp3) is 0.778. The number of hydrogen-bond acceptors (Lipinski definition) is 1. The molecule has 0 spiro atoms. The van der Waals surface area contributed by atoms with Crippen LogP contribution < -0.4 is 0 Å². The second kappa shape index (κ2) is 3.24. The zero-order valence-electron chi connectivity index (χ0n) is 7.55. The summed E-state index contributed by atoms with van der Waals surface area (Å²) in [5.41, 5.74) is 0. The van der Waals surface area contributed by atoms with E-state index in [-0.39, 0.29) is 5.91 Å². The van der Waals surface area contributed by atoms with Crippen molar-refractivity contribution in [1.82, 2.24) is 4.90 Å². The van der Waals surface area contributed by atoms with E-state index in [0.717, 1.165) is 19.4 Å². The van der Waals surface area contributed by atoms with Crippen LogP contribution in [0.4, 0.5) is 0 Å². The molecule has 0 radical (unpaired) electrons. The summed E-state index contributed by atoms with van der Waals surface area (Å²) in [6, 6.07) is 0.424. The third-order valence-corrected chi connectivity index (χ3v) is 2.32. The minimum atomic E-state index is 0.216. The van der Waals surface area contributed by atoms with Gasteiger partial charge in [-0.05, 0) is 6.42 Å².